The summed E-state index contributed by atoms with van der Waals surface area (Å²) in [5.74, 6) is -1.71. The molecular weight excluding hydrogens is 428 g/mol. The van der Waals surface area contributed by atoms with Gasteiger partial charge in [-0.15, -0.1) is 0 Å². The number of hydroxylamine groups is 2. The number of nitrogens with zero attached hydrogens (tertiary/aromatic N) is 3. The molecule has 3 amide bonds. The summed E-state index contributed by atoms with van der Waals surface area (Å²) in [6.45, 7) is 7.84. The Morgan fingerprint density at radius 1 is 1.33 bits per heavy atom. The predicted molar refractivity (Wildman–Crippen MR) is 117 cm³/mol. The highest BCUT2D eigenvalue weighted by Gasteiger charge is 2.43. The van der Waals surface area contributed by atoms with E-state index in [1.807, 2.05) is 13.8 Å². The molecule has 180 valence electrons. The summed E-state index contributed by atoms with van der Waals surface area (Å²) in [6, 6.07) is 0.172. The fraction of sp³-hybridized carbons (Fsp3) is 0.609. The molecular formula is C23H32N4O6. The molecule has 0 unspecified atom stereocenters. The molecule has 3 heterocycles. The van der Waals surface area contributed by atoms with Gasteiger partial charge in [0.25, 0.3) is 11.8 Å². The van der Waals surface area contributed by atoms with E-state index < -0.39 is 24.2 Å². The van der Waals surface area contributed by atoms with Crippen LogP contribution in [0.5, 0.6) is 0 Å². The number of amides is 3. The highest BCUT2D eigenvalue weighted by Crippen LogP contribution is 2.26. The average Bonchev–Trinajstić information content (AvgIpc) is 3.44. The number of hydrogen-bond acceptors (Lipinski definition) is 7. The summed E-state index contributed by atoms with van der Waals surface area (Å²) in [7, 11) is 0. The number of hydrogen-bond donors (Lipinski definition) is 1. The van der Waals surface area contributed by atoms with Gasteiger partial charge in [0, 0.05) is 25.4 Å². The Morgan fingerprint density at radius 2 is 2.09 bits per heavy atom. The second-order valence-corrected chi connectivity index (χ2v) is 8.64. The molecule has 2 aliphatic rings. The van der Waals surface area contributed by atoms with Gasteiger partial charge in [-0.1, -0.05) is 13.8 Å². The highest BCUT2D eigenvalue weighted by atomic mass is 16.7. The van der Waals surface area contributed by atoms with Crippen molar-refractivity contribution in [2.45, 2.75) is 71.7 Å². The lowest BCUT2D eigenvalue weighted by atomic mass is 10.0. The quantitative estimate of drug-likeness (QED) is 0.462. The van der Waals surface area contributed by atoms with Crippen LogP contribution in [0.1, 0.15) is 62.4 Å². The maximum absolute atomic E-state index is 13.5. The third-order valence-electron chi connectivity index (χ3n) is 5.93. The number of ether oxygens (including phenoxy) is 1. The Labute approximate surface area is 193 Å². The Kier molecular flexibility index (Phi) is 8.01. The molecule has 1 aromatic rings. The number of nitrogens with one attached hydrogen (secondary N) is 1. The number of rotatable bonds is 8. The van der Waals surface area contributed by atoms with Gasteiger partial charge in [0.05, 0.1) is 18.6 Å². The predicted octanol–water partition coefficient (Wildman–Crippen LogP) is 1.58. The van der Waals surface area contributed by atoms with Crippen molar-refractivity contribution >= 4 is 23.7 Å². The molecule has 3 rings (SSSR count). The summed E-state index contributed by atoms with van der Waals surface area (Å²) in [5, 5.41) is 3.93. The molecule has 10 heteroatoms. The Hall–Kier alpha value is -3.01. The van der Waals surface area contributed by atoms with E-state index in [2.05, 4.69) is 10.3 Å². The molecule has 0 spiro atoms. The van der Waals surface area contributed by atoms with Crippen molar-refractivity contribution in [3.05, 3.63) is 29.6 Å². The van der Waals surface area contributed by atoms with Crippen molar-refractivity contribution in [1.29, 1.82) is 0 Å². The topological polar surface area (TPSA) is 118 Å². The molecule has 2 fully saturated rings. The number of carbonyl (C=O) groups is 4. The van der Waals surface area contributed by atoms with E-state index >= 15 is 0 Å². The van der Waals surface area contributed by atoms with Gasteiger partial charge in [0.2, 0.25) is 12.1 Å². The third kappa shape index (κ3) is 5.50. The van der Waals surface area contributed by atoms with E-state index in [9.17, 15) is 19.2 Å². The van der Waals surface area contributed by atoms with Crippen molar-refractivity contribution in [2.75, 3.05) is 13.2 Å². The SMILES string of the molecule is CCON(C(=O)[C@@H]1CCCN1C(=O)[C@@H](NC(=O)c1cnccc1C)C(C)C)[C@H]1CCC(=O)O1. The summed E-state index contributed by atoms with van der Waals surface area (Å²) in [6.07, 6.45) is 3.95. The van der Waals surface area contributed by atoms with Crippen LogP contribution in [-0.2, 0) is 24.0 Å². The molecule has 33 heavy (non-hydrogen) atoms. The van der Waals surface area contributed by atoms with Crippen molar-refractivity contribution in [1.82, 2.24) is 20.3 Å². The molecule has 0 bridgehead atoms. The maximum atomic E-state index is 13.5. The van der Waals surface area contributed by atoms with E-state index in [1.165, 1.54) is 11.1 Å². The lowest BCUT2D eigenvalue weighted by molar-refractivity contribution is -0.235. The summed E-state index contributed by atoms with van der Waals surface area (Å²) in [4.78, 5) is 62.3. The van der Waals surface area contributed by atoms with Gasteiger partial charge in [0.15, 0.2) is 0 Å². The minimum Gasteiger partial charge on any atom is -0.439 e. The van der Waals surface area contributed by atoms with Crippen LogP contribution in [0.25, 0.3) is 0 Å². The Balaban J connectivity index is 1.77. The van der Waals surface area contributed by atoms with Crippen LogP contribution in [0.2, 0.25) is 0 Å². The van der Waals surface area contributed by atoms with Crippen molar-refractivity contribution in [3.63, 3.8) is 0 Å². The van der Waals surface area contributed by atoms with E-state index in [4.69, 9.17) is 9.57 Å². The van der Waals surface area contributed by atoms with E-state index in [0.29, 0.717) is 31.4 Å². The van der Waals surface area contributed by atoms with Gasteiger partial charge < -0.3 is 15.0 Å². The van der Waals surface area contributed by atoms with Crippen LogP contribution < -0.4 is 5.32 Å². The summed E-state index contributed by atoms with van der Waals surface area (Å²) >= 11 is 0. The van der Waals surface area contributed by atoms with Crippen molar-refractivity contribution < 1.29 is 28.8 Å². The van der Waals surface area contributed by atoms with Crippen molar-refractivity contribution in [2.24, 2.45) is 5.92 Å². The number of aryl methyl sites for hydroxylation is 1. The first kappa shape index (κ1) is 24.6. The summed E-state index contributed by atoms with van der Waals surface area (Å²) < 4.78 is 5.23. The molecule has 1 aromatic heterocycles. The number of likely N-dealkylation sites (tertiary alicyclic amines) is 1. The third-order valence-corrected chi connectivity index (χ3v) is 5.93. The smallest absolute Gasteiger partial charge is 0.308 e. The first-order valence-corrected chi connectivity index (χ1v) is 11.4. The van der Waals surface area contributed by atoms with Gasteiger partial charge in [-0.25, -0.2) is 0 Å². The number of esters is 1. The average molecular weight is 461 g/mol. The molecule has 0 saturated carbocycles. The first-order chi connectivity index (χ1) is 15.7. The van der Waals surface area contributed by atoms with Crippen LogP contribution in [-0.4, -0.2) is 70.1 Å². The summed E-state index contributed by atoms with van der Waals surface area (Å²) in [5.41, 5.74) is 1.15. The number of carbonyl (C=O) groups excluding carboxylic acids is 4. The lowest BCUT2D eigenvalue weighted by Crippen LogP contribution is -2.56. The standard InChI is InChI=1S/C23H32N4O6/c1-5-32-27(18-8-9-19(28)33-18)22(30)17-7-6-12-26(17)23(31)20(14(2)3)25-21(29)16-13-24-11-10-15(16)4/h10-11,13-14,17-18,20H,5-9,12H2,1-4H3,(H,25,29)/t17-,18+,20-/m0/s1. The lowest BCUT2D eigenvalue weighted by Gasteiger charge is -2.34. The van der Waals surface area contributed by atoms with E-state index in [-0.39, 0.29) is 36.7 Å². The Morgan fingerprint density at radius 3 is 2.70 bits per heavy atom. The Bertz CT molecular complexity index is 905. The first-order valence-electron chi connectivity index (χ1n) is 11.4. The fourth-order valence-corrected chi connectivity index (χ4v) is 4.15. The molecule has 0 aliphatic carbocycles. The molecule has 0 aromatic carbocycles. The van der Waals surface area contributed by atoms with Gasteiger partial charge in [-0.2, -0.15) is 5.06 Å². The number of pyridine rings is 1. The second-order valence-electron chi connectivity index (χ2n) is 8.64. The maximum Gasteiger partial charge on any atom is 0.308 e. The molecule has 1 N–H and O–H groups in total. The molecule has 2 saturated heterocycles. The van der Waals surface area contributed by atoms with Gasteiger partial charge in [-0.3, -0.25) is 29.0 Å². The minimum absolute atomic E-state index is 0.200. The van der Waals surface area contributed by atoms with Gasteiger partial charge >= 0.3 is 5.97 Å². The van der Waals surface area contributed by atoms with Crippen LogP contribution in [0.4, 0.5) is 0 Å². The number of aromatic nitrogens is 1. The minimum atomic E-state index is -0.810. The fourth-order valence-electron chi connectivity index (χ4n) is 4.15. The molecule has 10 nitrogen and oxygen atoms in total. The van der Waals surface area contributed by atoms with Crippen LogP contribution in [0.15, 0.2) is 18.5 Å². The zero-order valence-electron chi connectivity index (χ0n) is 19.6. The van der Waals surface area contributed by atoms with Gasteiger partial charge in [0.1, 0.15) is 12.1 Å². The van der Waals surface area contributed by atoms with Crippen LogP contribution in [0.3, 0.4) is 0 Å². The van der Waals surface area contributed by atoms with Crippen molar-refractivity contribution in [3.8, 4) is 0 Å². The molecule has 2 aliphatic heterocycles. The van der Waals surface area contributed by atoms with E-state index in [1.54, 1.807) is 26.1 Å². The highest BCUT2D eigenvalue weighted by molar-refractivity contribution is 5.99. The largest absolute Gasteiger partial charge is 0.439 e. The molecule has 0 radical (unpaired) electrons. The number of cyclic esters (lactones) is 1. The van der Waals surface area contributed by atoms with E-state index in [0.717, 1.165) is 10.6 Å². The van der Waals surface area contributed by atoms with Crippen LogP contribution >= 0.6 is 0 Å². The molecule has 3 atom stereocenters. The zero-order chi connectivity index (χ0) is 24.1. The van der Waals surface area contributed by atoms with Crippen LogP contribution in [0, 0.1) is 12.8 Å². The second kappa shape index (κ2) is 10.7. The zero-order valence-corrected chi connectivity index (χ0v) is 19.6. The normalized spacial score (nSPS) is 21.1. The van der Waals surface area contributed by atoms with Gasteiger partial charge in [-0.05, 0) is 44.2 Å². The monoisotopic (exact) mass is 460 g/mol.